The molecule has 1 aromatic heterocycles. The Hall–Kier alpha value is -1.04. The van der Waals surface area contributed by atoms with Crippen LogP contribution >= 0.6 is 12.4 Å². The van der Waals surface area contributed by atoms with E-state index in [2.05, 4.69) is 0 Å². The third-order valence-electron chi connectivity index (χ3n) is 2.81. The van der Waals surface area contributed by atoms with Crippen molar-refractivity contribution in [2.45, 2.75) is 26.0 Å². The molecule has 0 saturated carbocycles. The Morgan fingerprint density at radius 2 is 2.28 bits per heavy atom. The summed E-state index contributed by atoms with van der Waals surface area (Å²) in [5.74, 6) is 0.602. The smallest absolute Gasteiger partial charge is 0.257 e. The molecular weight excluding hydrogens is 256 g/mol. The minimum atomic E-state index is -0.283. The molecule has 0 bridgehead atoms. The molecule has 0 unspecified atom stereocenters. The van der Waals surface area contributed by atoms with Crippen molar-refractivity contribution < 1.29 is 13.9 Å². The number of carbonyl (C=O) groups is 1. The highest BCUT2D eigenvalue weighted by Gasteiger charge is 2.30. The fourth-order valence-electron chi connectivity index (χ4n) is 1.97. The summed E-state index contributed by atoms with van der Waals surface area (Å²) in [6, 6.07) is 1.70. The fourth-order valence-corrected chi connectivity index (χ4v) is 1.97. The van der Waals surface area contributed by atoms with Crippen molar-refractivity contribution in [2.24, 2.45) is 5.73 Å². The molecule has 5 nitrogen and oxygen atoms in total. The zero-order valence-electron chi connectivity index (χ0n) is 10.6. The maximum Gasteiger partial charge on any atom is 0.257 e. The summed E-state index contributed by atoms with van der Waals surface area (Å²) in [4.78, 5) is 14.0. The highest BCUT2D eigenvalue weighted by molar-refractivity contribution is 5.94. The summed E-state index contributed by atoms with van der Waals surface area (Å²) < 4.78 is 10.7. The van der Waals surface area contributed by atoms with Gasteiger partial charge in [-0.25, -0.2) is 0 Å². The molecule has 18 heavy (non-hydrogen) atoms. The summed E-state index contributed by atoms with van der Waals surface area (Å²) >= 11 is 0. The second-order valence-corrected chi connectivity index (χ2v) is 4.84. The first kappa shape index (κ1) is 15.0. The van der Waals surface area contributed by atoms with Gasteiger partial charge in [0.15, 0.2) is 0 Å². The van der Waals surface area contributed by atoms with Crippen LogP contribution in [0.1, 0.15) is 30.0 Å². The zero-order valence-corrected chi connectivity index (χ0v) is 11.5. The Balaban J connectivity index is 0.00000162. The average molecular weight is 275 g/mol. The second-order valence-electron chi connectivity index (χ2n) is 4.84. The first-order valence-electron chi connectivity index (χ1n) is 5.72. The predicted molar refractivity (Wildman–Crippen MR) is 69.8 cm³/mol. The summed E-state index contributed by atoms with van der Waals surface area (Å²) in [6.45, 7) is 6.04. The van der Waals surface area contributed by atoms with Gasteiger partial charge in [0.25, 0.3) is 5.91 Å². The standard InChI is InChI=1S/C12H18N2O3.ClH/c1-12(2)8-14(3-4-17-12)11(15)9-5-10(6-13)16-7-9;/h5,7H,3-4,6,8,13H2,1-2H3;1H. The summed E-state index contributed by atoms with van der Waals surface area (Å²) in [7, 11) is 0. The van der Waals surface area contributed by atoms with Gasteiger partial charge in [0.05, 0.1) is 24.3 Å². The third kappa shape index (κ3) is 3.25. The second kappa shape index (κ2) is 5.73. The first-order valence-corrected chi connectivity index (χ1v) is 5.72. The van der Waals surface area contributed by atoms with Crippen molar-refractivity contribution in [3.63, 3.8) is 0 Å². The molecule has 0 atom stereocenters. The molecule has 1 amide bonds. The molecule has 1 saturated heterocycles. The molecule has 0 radical (unpaired) electrons. The number of carbonyl (C=O) groups excluding carboxylic acids is 1. The lowest BCUT2D eigenvalue weighted by atomic mass is 10.1. The van der Waals surface area contributed by atoms with Gasteiger partial charge in [0.1, 0.15) is 12.0 Å². The number of amides is 1. The third-order valence-corrected chi connectivity index (χ3v) is 2.81. The Morgan fingerprint density at radius 1 is 1.56 bits per heavy atom. The van der Waals surface area contributed by atoms with Crippen LogP contribution in [-0.2, 0) is 11.3 Å². The number of nitrogens with zero attached hydrogens (tertiary/aromatic N) is 1. The Kier molecular flexibility index (Phi) is 4.78. The maximum absolute atomic E-state index is 12.2. The van der Waals surface area contributed by atoms with E-state index in [0.717, 1.165) is 0 Å². The van der Waals surface area contributed by atoms with Gasteiger partial charge in [-0.1, -0.05) is 0 Å². The number of rotatable bonds is 2. The highest BCUT2D eigenvalue weighted by atomic mass is 35.5. The number of hydrogen-bond acceptors (Lipinski definition) is 4. The van der Waals surface area contributed by atoms with Crippen LogP contribution in [0.5, 0.6) is 0 Å². The molecule has 6 heteroatoms. The van der Waals surface area contributed by atoms with Gasteiger partial charge in [-0.15, -0.1) is 12.4 Å². The number of morpholine rings is 1. The van der Waals surface area contributed by atoms with E-state index >= 15 is 0 Å². The lowest BCUT2D eigenvalue weighted by molar-refractivity contribution is -0.0764. The molecule has 0 aliphatic carbocycles. The Morgan fingerprint density at radius 3 is 2.83 bits per heavy atom. The molecule has 2 rings (SSSR count). The van der Waals surface area contributed by atoms with Crippen LogP contribution in [0.3, 0.4) is 0 Å². The fraction of sp³-hybridized carbons (Fsp3) is 0.583. The molecule has 0 spiro atoms. The van der Waals surface area contributed by atoms with Gasteiger partial charge in [-0.05, 0) is 19.9 Å². The number of furan rings is 1. The van der Waals surface area contributed by atoms with Crippen LogP contribution in [0.2, 0.25) is 0 Å². The van der Waals surface area contributed by atoms with Crippen molar-refractivity contribution in [3.8, 4) is 0 Å². The van der Waals surface area contributed by atoms with Gasteiger partial charge in [-0.2, -0.15) is 0 Å². The van der Waals surface area contributed by atoms with Crippen LogP contribution in [0.4, 0.5) is 0 Å². The van der Waals surface area contributed by atoms with Gasteiger partial charge >= 0.3 is 0 Å². The van der Waals surface area contributed by atoms with E-state index in [-0.39, 0.29) is 23.9 Å². The number of nitrogens with two attached hydrogens (primary N) is 1. The summed E-state index contributed by atoms with van der Waals surface area (Å²) in [6.07, 6.45) is 1.47. The predicted octanol–water partition coefficient (Wildman–Crippen LogP) is 1.41. The Labute approximate surface area is 113 Å². The first-order chi connectivity index (χ1) is 8.02. The molecule has 1 aliphatic rings. The summed E-state index contributed by atoms with van der Waals surface area (Å²) in [5, 5.41) is 0. The maximum atomic E-state index is 12.2. The summed E-state index contributed by atoms with van der Waals surface area (Å²) in [5.41, 5.74) is 5.72. The van der Waals surface area contributed by atoms with Crippen molar-refractivity contribution in [1.82, 2.24) is 4.90 Å². The minimum Gasteiger partial charge on any atom is -0.467 e. The number of halogens is 1. The lowest BCUT2D eigenvalue weighted by Gasteiger charge is -2.37. The average Bonchev–Trinajstić information content (AvgIpc) is 2.75. The van der Waals surface area contributed by atoms with E-state index in [1.54, 1.807) is 11.0 Å². The zero-order chi connectivity index (χ0) is 12.5. The van der Waals surface area contributed by atoms with Crippen LogP contribution < -0.4 is 5.73 Å². The largest absolute Gasteiger partial charge is 0.467 e. The topological polar surface area (TPSA) is 68.7 Å². The molecule has 2 heterocycles. The minimum absolute atomic E-state index is 0. The van der Waals surface area contributed by atoms with Crippen molar-refractivity contribution in [1.29, 1.82) is 0 Å². The molecule has 1 aliphatic heterocycles. The van der Waals surface area contributed by atoms with Crippen LogP contribution in [0.15, 0.2) is 16.7 Å². The molecule has 2 N–H and O–H groups in total. The van der Waals surface area contributed by atoms with E-state index in [0.29, 0.717) is 37.6 Å². The lowest BCUT2D eigenvalue weighted by Crippen LogP contribution is -2.50. The van der Waals surface area contributed by atoms with Crippen molar-refractivity contribution in [2.75, 3.05) is 19.7 Å². The molecule has 102 valence electrons. The quantitative estimate of drug-likeness (QED) is 0.885. The highest BCUT2D eigenvalue weighted by Crippen LogP contribution is 2.19. The molecule has 1 aromatic rings. The molecule has 0 aromatic carbocycles. The van der Waals surface area contributed by atoms with E-state index < -0.39 is 0 Å². The van der Waals surface area contributed by atoms with Gasteiger partial charge < -0.3 is 19.8 Å². The Bertz CT molecular complexity index is 417. The number of hydrogen-bond donors (Lipinski definition) is 1. The number of ether oxygens (including phenoxy) is 1. The van der Waals surface area contributed by atoms with Gasteiger partial charge in [0, 0.05) is 13.1 Å². The van der Waals surface area contributed by atoms with Crippen molar-refractivity contribution in [3.05, 3.63) is 23.7 Å². The molecular formula is C12H19ClN2O3. The normalized spacial score (nSPS) is 18.3. The van der Waals surface area contributed by atoms with Crippen LogP contribution in [0, 0.1) is 0 Å². The van der Waals surface area contributed by atoms with E-state index in [9.17, 15) is 4.79 Å². The van der Waals surface area contributed by atoms with Gasteiger partial charge in [-0.3, -0.25) is 4.79 Å². The van der Waals surface area contributed by atoms with E-state index in [1.807, 2.05) is 13.8 Å². The SMILES string of the molecule is CC1(C)CN(C(=O)c2coc(CN)c2)CCO1.Cl. The van der Waals surface area contributed by atoms with Crippen molar-refractivity contribution >= 4 is 18.3 Å². The van der Waals surface area contributed by atoms with Gasteiger partial charge in [0.2, 0.25) is 0 Å². The van der Waals surface area contributed by atoms with Crippen LogP contribution in [0.25, 0.3) is 0 Å². The van der Waals surface area contributed by atoms with E-state index in [4.69, 9.17) is 14.9 Å². The van der Waals surface area contributed by atoms with E-state index in [1.165, 1.54) is 6.26 Å². The van der Waals surface area contributed by atoms with Crippen LogP contribution in [-0.4, -0.2) is 36.1 Å². The monoisotopic (exact) mass is 274 g/mol. The molecule has 1 fully saturated rings.